The van der Waals surface area contributed by atoms with Crippen LogP contribution < -0.4 is 5.32 Å². The van der Waals surface area contributed by atoms with E-state index in [-0.39, 0.29) is 23.4 Å². The number of thioether (sulfide) groups is 1. The van der Waals surface area contributed by atoms with Gasteiger partial charge in [-0.05, 0) is 36.4 Å². The molecule has 2 amide bonds. The number of carbonyl (C=O) groups excluding carboxylic acids is 4. The summed E-state index contributed by atoms with van der Waals surface area (Å²) in [5.41, 5.74) is 1.24. The van der Waals surface area contributed by atoms with Crippen molar-refractivity contribution in [1.29, 1.82) is 0 Å². The van der Waals surface area contributed by atoms with Gasteiger partial charge in [0, 0.05) is 37.2 Å². The Morgan fingerprint density at radius 1 is 1.00 bits per heavy atom. The molecule has 1 N–H and O–H groups in total. The lowest BCUT2D eigenvalue weighted by Gasteiger charge is -2.12. The summed E-state index contributed by atoms with van der Waals surface area (Å²) in [6, 6.07) is 13.1. The van der Waals surface area contributed by atoms with Crippen molar-refractivity contribution < 1.29 is 23.9 Å². The standard InChI is InChI=1S/C21H22N2O5S/c1-14(24)22-16-10-8-15(9-11-16)18(25)12-28-21(27)17-6-4-5-7-19(17)29-13-20(26)23(2)3/h4-11H,12-13H2,1-3H3,(H,22,24). The van der Waals surface area contributed by atoms with Gasteiger partial charge in [0.15, 0.2) is 12.4 Å². The van der Waals surface area contributed by atoms with Crippen molar-refractivity contribution in [3.8, 4) is 0 Å². The van der Waals surface area contributed by atoms with Crippen LogP contribution in [-0.4, -0.2) is 54.9 Å². The topological polar surface area (TPSA) is 92.8 Å². The summed E-state index contributed by atoms with van der Waals surface area (Å²) in [7, 11) is 3.33. The van der Waals surface area contributed by atoms with E-state index in [1.165, 1.54) is 23.6 Å². The third kappa shape index (κ3) is 6.76. The zero-order valence-electron chi connectivity index (χ0n) is 16.4. The molecule has 0 aliphatic heterocycles. The van der Waals surface area contributed by atoms with Gasteiger partial charge in [-0.1, -0.05) is 12.1 Å². The fraction of sp³-hybridized carbons (Fsp3) is 0.238. The molecule has 0 atom stereocenters. The summed E-state index contributed by atoms with van der Waals surface area (Å²) >= 11 is 1.24. The average molecular weight is 414 g/mol. The predicted octanol–water partition coefficient (Wildman–Crippen LogP) is 2.87. The zero-order valence-corrected chi connectivity index (χ0v) is 17.2. The highest BCUT2D eigenvalue weighted by Gasteiger charge is 2.16. The Morgan fingerprint density at radius 3 is 2.28 bits per heavy atom. The molecule has 0 spiro atoms. The lowest BCUT2D eigenvalue weighted by atomic mass is 10.1. The second-order valence-corrected chi connectivity index (χ2v) is 7.35. The molecule has 2 rings (SSSR count). The molecule has 0 bridgehead atoms. The highest BCUT2D eigenvalue weighted by molar-refractivity contribution is 8.00. The van der Waals surface area contributed by atoms with E-state index in [0.717, 1.165) is 0 Å². The third-order valence-electron chi connectivity index (χ3n) is 3.82. The summed E-state index contributed by atoms with van der Waals surface area (Å²) in [5, 5.41) is 2.61. The molecule has 0 aromatic heterocycles. The number of hydrogen-bond donors (Lipinski definition) is 1. The van der Waals surface area contributed by atoms with Crippen LogP contribution in [0.15, 0.2) is 53.4 Å². The monoisotopic (exact) mass is 414 g/mol. The molecular weight excluding hydrogens is 392 g/mol. The van der Waals surface area contributed by atoms with Crippen molar-refractivity contribution in [3.63, 3.8) is 0 Å². The number of hydrogen-bond acceptors (Lipinski definition) is 6. The molecule has 2 aromatic rings. The van der Waals surface area contributed by atoms with Crippen molar-refractivity contribution in [2.75, 3.05) is 31.8 Å². The minimum absolute atomic E-state index is 0.0731. The quantitative estimate of drug-likeness (QED) is 0.406. The number of nitrogens with zero attached hydrogens (tertiary/aromatic N) is 1. The maximum atomic E-state index is 12.4. The second-order valence-electron chi connectivity index (χ2n) is 6.33. The Bertz CT molecular complexity index is 910. The van der Waals surface area contributed by atoms with Crippen LogP contribution in [0.5, 0.6) is 0 Å². The number of rotatable bonds is 8. The SMILES string of the molecule is CC(=O)Nc1ccc(C(=O)COC(=O)c2ccccc2SCC(=O)N(C)C)cc1. The van der Waals surface area contributed by atoms with Gasteiger partial charge in [-0.2, -0.15) is 0 Å². The van der Waals surface area contributed by atoms with E-state index in [1.807, 2.05) is 0 Å². The first kappa shape index (κ1) is 22.2. The molecule has 0 radical (unpaired) electrons. The molecule has 0 saturated carbocycles. The van der Waals surface area contributed by atoms with Crippen molar-refractivity contribution >= 4 is 41.0 Å². The number of benzene rings is 2. The lowest BCUT2D eigenvalue weighted by molar-refractivity contribution is -0.125. The number of nitrogens with one attached hydrogen (secondary N) is 1. The molecular formula is C21H22N2O5S. The molecule has 0 aliphatic rings. The van der Waals surface area contributed by atoms with E-state index < -0.39 is 12.6 Å². The first-order valence-electron chi connectivity index (χ1n) is 8.78. The first-order chi connectivity index (χ1) is 13.8. The zero-order chi connectivity index (χ0) is 21.4. The number of amides is 2. The minimum Gasteiger partial charge on any atom is -0.454 e. The van der Waals surface area contributed by atoms with E-state index in [2.05, 4.69) is 5.32 Å². The maximum absolute atomic E-state index is 12.4. The van der Waals surface area contributed by atoms with E-state index in [4.69, 9.17) is 4.74 Å². The largest absolute Gasteiger partial charge is 0.454 e. The third-order valence-corrected chi connectivity index (χ3v) is 4.88. The van der Waals surface area contributed by atoms with Crippen LogP contribution in [0.4, 0.5) is 5.69 Å². The molecule has 0 unspecified atom stereocenters. The first-order valence-corrected chi connectivity index (χ1v) is 9.76. The van der Waals surface area contributed by atoms with Crippen molar-refractivity contribution in [3.05, 3.63) is 59.7 Å². The van der Waals surface area contributed by atoms with Gasteiger partial charge >= 0.3 is 5.97 Å². The Kier molecular flexibility index (Phi) is 7.97. The van der Waals surface area contributed by atoms with E-state index in [0.29, 0.717) is 21.7 Å². The molecule has 0 fully saturated rings. The number of carbonyl (C=O) groups is 4. The molecule has 8 heteroatoms. The fourth-order valence-electron chi connectivity index (χ4n) is 2.26. The van der Waals surface area contributed by atoms with Crippen LogP contribution in [0.3, 0.4) is 0 Å². The maximum Gasteiger partial charge on any atom is 0.339 e. The summed E-state index contributed by atoms with van der Waals surface area (Å²) in [6.45, 7) is 0.985. The van der Waals surface area contributed by atoms with Crippen LogP contribution in [0.2, 0.25) is 0 Å². The Morgan fingerprint density at radius 2 is 1.66 bits per heavy atom. The number of Topliss-reactive ketones (excluding diaryl/α,β-unsaturated/α-hetero) is 1. The van der Waals surface area contributed by atoms with E-state index in [9.17, 15) is 19.2 Å². The summed E-state index contributed by atoms with van der Waals surface area (Å²) < 4.78 is 5.17. The van der Waals surface area contributed by atoms with Crippen LogP contribution in [0.1, 0.15) is 27.6 Å². The molecule has 2 aromatic carbocycles. The fourth-order valence-corrected chi connectivity index (χ4v) is 3.28. The molecule has 29 heavy (non-hydrogen) atoms. The minimum atomic E-state index is -0.631. The second kappa shape index (κ2) is 10.4. The number of anilines is 1. The van der Waals surface area contributed by atoms with Crippen LogP contribution >= 0.6 is 11.8 Å². The Balaban J connectivity index is 1.97. The number of ketones is 1. The van der Waals surface area contributed by atoms with E-state index in [1.54, 1.807) is 62.6 Å². The molecule has 0 saturated heterocycles. The average Bonchev–Trinajstić information content (AvgIpc) is 2.70. The van der Waals surface area contributed by atoms with Crippen molar-refractivity contribution in [1.82, 2.24) is 4.90 Å². The predicted molar refractivity (Wildman–Crippen MR) is 111 cm³/mol. The molecule has 0 heterocycles. The normalized spacial score (nSPS) is 10.2. The van der Waals surface area contributed by atoms with Crippen molar-refractivity contribution in [2.24, 2.45) is 0 Å². The van der Waals surface area contributed by atoms with Gasteiger partial charge in [0.05, 0.1) is 11.3 Å². The van der Waals surface area contributed by atoms with Gasteiger partial charge in [0.25, 0.3) is 0 Å². The Hall–Kier alpha value is -3.13. The molecule has 0 aliphatic carbocycles. The van der Waals surface area contributed by atoms with Gasteiger partial charge in [-0.3, -0.25) is 14.4 Å². The van der Waals surface area contributed by atoms with Crippen LogP contribution in [-0.2, 0) is 14.3 Å². The lowest BCUT2D eigenvalue weighted by Crippen LogP contribution is -2.23. The summed E-state index contributed by atoms with van der Waals surface area (Å²) in [4.78, 5) is 49.6. The number of esters is 1. The van der Waals surface area contributed by atoms with Crippen LogP contribution in [0.25, 0.3) is 0 Å². The summed E-state index contributed by atoms with van der Waals surface area (Å²) in [5.74, 6) is -1.08. The van der Waals surface area contributed by atoms with Gasteiger partial charge in [-0.15, -0.1) is 11.8 Å². The van der Waals surface area contributed by atoms with Gasteiger partial charge in [0.2, 0.25) is 11.8 Å². The van der Waals surface area contributed by atoms with E-state index >= 15 is 0 Å². The Labute approximate surface area is 173 Å². The smallest absolute Gasteiger partial charge is 0.339 e. The summed E-state index contributed by atoms with van der Waals surface area (Å²) in [6.07, 6.45) is 0. The van der Waals surface area contributed by atoms with Gasteiger partial charge in [-0.25, -0.2) is 4.79 Å². The molecule has 7 nitrogen and oxygen atoms in total. The highest BCUT2D eigenvalue weighted by Crippen LogP contribution is 2.23. The number of ether oxygens (including phenoxy) is 1. The highest BCUT2D eigenvalue weighted by atomic mass is 32.2. The molecule has 152 valence electrons. The van der Waals surface area contributed by atoms with Crippen molar-refractivity contribution in [2.45, 2.75) is 11.8 Å². The van der Waals surface area contributed by atoms with Crippen LogP contribution in [0, 0.1) is 0 Å². The van der Waals surface area contributed by atoms with Gasteiger partial charge in [0.1, 0.15) is 0 Å². The van der Waals surface area contributed by atoms with Gasteiger partial charge < -0.3 is 15.0 Å².